The van der Waals surface area contributed by atoms with Crippen molar-refractivity contribution in [2.45, 2.75) is 6.42 Å². The standard InChI is InChI=1S/C19H16ClFN2O4/c20-13-1-5-15(6-2-13)22-17(24)11-27-19(26)12-9-18(25)23(10-12)16-7-3-14(21)4-8-16/h1-8,12H,9-11H2,(H,22,24). The van der Waals surface area contributed by atoms with Gasteiger partial charge in [-0.2, -0.15) is 0 Å². The molecule has 140 valence electrons. The van der Waals surface area contributed by atoms with Crippen molar-refractivity contribution in [3.8, 4) is 0 Å². The lowest BCUT2D eigenvalue weighted by Crippen LogP contribution is -2.28. The Hall–Kier alpha value is -2.93. The number of benzene rings is 2. The number of ether oxygens (including phenoxy) is 1. The van der Waals surface area contributed by atoms with E-state index < -0.39 is 30.2 Å². The molecule has 2 aromatic rings. The van der Waals surface area contributed by atoms with Gasteiger partial charge in [0, 0.05) is 29.4 Å². The van der Waals surface area contributed by atoms with E-state index in [1.54, 1.807) is 24.3 Å². The molecule has 1 saturated heterocycles. The molecule has 0 bridgehead atoms. The molecule has 6 nitrogen and oxygen atoms in total. The molecule has 3 rings (SSSR count). The van der Waals surface area contributed by atoms with E-state index in [0.29, 0.717) is 16.4 Å². The van der Waals surface area contributed by atoms with Crippen LogP contribution in [0.2, 0.25) is 5.02 Å². The molecule has 0 spiro atoms. The summed E-state index contributed by atoms with van der Waals surface area (Å²) < 4.78 is 18.0. The number of rotatable bonds is 5. The second-order valence-electron chi connectivity index (χ2n) is 6.04. The van der Waals surface area contributed by atoms with Gasteiger partial charge in [-0.3, -0.25) is 14.4 Å². The third-order valence-corrected chi connectivity index (χ3v) is 4.32. The fourth-order valence-electron chi connectivity index (χ4n) is 2.72. The van der Waals surface area contributed by atoms with Crippen LogP contribution in [-0.4, -0.2) is 30.9 Å². The number of carbonyl (C=O) groups excluding carboxylic acids is 3. The summed E-state index contributed by atoms with van der Waals surface area (Å²) in [5.41, 5.74) is 1.04. The molecule has 0 saturated carbocycles. The molecular weight excluding hydrogens is 375 g/mol. The molecular formula is C19H16ClFN2O4. The van der Waals surface area contributed by atoms with Gasteiger partial charge in [0.05, 0.1) is 5.92 Å². The summed E-state index contributed by atoms with van der Waals surface area (Å²) in [5.74, 6) is -2.46. The fraction of sp³-hybridized carbons (Fsp3) is 0.211. The van der Waals surface area contributed by atoms with Gasteiger partial charge in [-0.25, -0.2) is 4.39 Å². The first-order valence-corrected chi connectivity index (χ1v) is 8.58. The van der Waals surface area contributed by atoms with E-state index in [4.69, 9.17) is 16.3 Å². The lowest BCUT2D eigenvalue weighted by atomic mass is 10.1. The fourth-order valence-corrected chi connectivity index (χ4v) is 2.85. The van der Waals surface area contributed by atoms with E-state index in [9.17, 15) is 18.8 Å². The number of nitrogens with one attached hydrogen (secondary N) is 1. The van der Waals surface area contributed by atoms with Gasteiger partial charge in [0.15, 0.2) is 6.61 Å². The van der Waals surface area contributed by atoms with Crippen LogP contribution >= 0.6 is 11.6 Å². The number of esters is 1. The highest BCUT2D eigenvalue weighted by atomic mass is 35.5. The smallest absolute Gasteiger partial charge is 0.311 e. The monoisotopic (exact) mass is 390 g/mol. The summed E-state index contributed by atoms with van der Waals surface area (Å²) in [7, 11) is 0. The highest BCUT2D eigenvalue weighted by molar-refractivity contribution is 6.30. The molecule has 27 heavy (non-hydrogen) atoms. The zero-order valence-electron chi connectivity index (χ0n) is 14.2. The first-order valence-electron chi connectivity index (χ1n) is 8.20. The van der Waals surface area contributed by atoms with Crippen molar-refractivity contribution in [2.24, 2.45) is 5.92 Å². The SMILES string of the molecule is O=C(COC(=O)C1CC(=O)N(c2ccc(F)cc2)C1)Nc1ccc(Cl)cc1. The molecule has 1 N–H and O–H groups in total. The Morgan fingerprint density at radius 1 is 1.15 bits per heavy atom. The lowest BCUT2D eigenvalue weighted by molar-refractivity contribution is -0.151. The normalized spacial score (nSPS) is 16.3. The Kier molecular flexibility index (Phi) is 5.71. The van der Waals surface area contributed by atoms with E-state index in [1.165, 1.54) is 29.2 Å². The van der Waals surface area contributed by atoms with Gasteiger partial charge in [-0.1, -0.05) is 11.6 Å². The van der Waals surface area contributed by atoms with Crippen LogP contribution in [0.1, 0.15) is 6.42 Å². The molecule has 0 aromatic heterocycles. The van der Waals surface area contributed by atoms with Gasteiger partial charge < -0.3 is 15.0 Å². The zero-order chi connectivity index (χ0) is 19.4. The van der Waals surface area contributed by atoms with Crippen molar-refractivity contribution >= 4 is 40.8 Å². The predicted octanol–water partition coefficient (Wildman–Crippen LogP) is 3.01. The van der Waals surface area contributed by atoms with Crippen molar-refractivity contribution in [2.75, 3.05) is 23.4 Å². The number of hydrogen-bond donors (Lipinski definition) is 1. The molecule has 0 radical (unpaired) electrons. The largest absolute Gasteiger partial charge is 0.455 e. The van der Waals surface area contributed by atoms with E-state index in [1.807, 2.05) is 0 Å². The molecule has 8 heteroatoms. The van der Waals surface area contributed by atoms with Crippen LogP contribution in [0.4, 0.5) is 15.8 Å². The van der Waals surface area contributed by atoms with Crippen LogP contribution in [0.5, 0.6) is 0 Å². The van der Waals surface area contributed by atoms with Crippen LogP contribution in [0.3, 0.4) is 0 Å². The van der Waals surface area contributed by atoms with Crippen molar-refractivity contribution < 1.29 is 23.5 Å². The van der Waals surface area contributed by atoms with Gasteiger partial charge in [0.25, 0.3) is 5.91 Å². The molecule has 1 aliphatic rings. The summed E-state index contributed by atoms with van der Waals surface area (Å²) >= 11 is 5.77. The summed E-state index contributed by atoms with van der Waals surface area (Å²) in [6.45, 7) is -0.329. The quantitative estimate of drug-likeness (QED) is 0.796. The molecule has 1 fully saturated rings. The van der Waals surface area contributed by atoms with Gasteiger partial charge in [0.1, 0.15) is 5.82 Å². The number of amides is 2. The van der Waals surface area contributed by atoms with Crippen LogP contribution in [0.25, 0.3) is 0 Å². The second kappa shape index (κ2) is 8.18. The van der Waals surface area contributed by atoms with Crippen LogP contribution in [-0.2, 0) is 19.1 Å². The third-order valence-electron chi connectivity index (χ3n) is 4.07. The molecule has 2 amide bonds. The summed E-state index contributed by atoms with van der Waals surface area (Å²) in [6.07, 6.45) is -0.0188. The Morgan fingerprint density at radius 2 is 1.81 bits per heavy atom. The van der Waals surface area contributed by atoms with Gasteiger partial charge in [-0.05, 0) is 48.5 Å². The number of hydrogen-bond acceptors (Lipinski definition) is 4. The van der Waals surface area contributed by atoms with Crippen molar-refractivity contribution in [3.05, 3.63) is 59.4 Å². The maximum Gasteiger partial charge on any atom is 0.311 e. The lowest BCUT2D eigenvalue weighted by Gasteiger charge is -2.16. The van der Waals surface area contributed by atoms with Gasteiger partial charge in [-0.15, -0.1) is 0 Å². The highest BCUT2D eigenvalue weighted by Crippen LogP contribution is 2.26. The molecule has 1 aliphatic heterocycles. The Balaban J connectivity index is 1.51. The Bertz CT molecular complexity index is 855. The van der Waals surface area contributed by atoms with Crippen molar-refractivity contribution in [3.63, 3.8) is 0 Å². The molecule has 1 heterocycles. The van der Waals surface area contributed by atoms with E-state index >= 15 is 0 Å². The van der Waals surface area contributed by atoms with Crippen LogP contribution in [0, 0.1) is 11.7 Å². The van der Waals surface area contributed by atoms with E-state index in [0.717, 1.165) is 0 Å². The number of nitrogens with zero attached hydrogens (tertiary/aromatic N) is 1. The summed E-state index contributed by atoms with van der Waals surface area (Å²) in [5, 5.41) is 3.11. The van der Waals surface area contributed by atoms with E-state index in [-0.39, 0.29) is 18.9 Å². The average Bonchev–Trinajstić information content (AvgIpc) is 3.04. The Morgan fingerprint density at radius 3 is 2.48 bits per heavy atom. The van der Waals surface area contributed by atoms with Crippen LogP contribution in [0.15, 0.2) is 48.5 Å². The Labute approximate surface area is 159 Å². The van der Waals surface area contributed by atoms with Crippen molar-refractivity contribution in [1.82, 2.24) is 0 Å². The first-order chi connectivity index (χ1) is 12.9. The number of carbonyl (C=O) groups is 3. The molecule has 1 unspecified atom stereocenters. The maximum atomic E-state index is 13.0. The highest BCUT2D eigenvalue weighted by Gasteiger charge is 2.36. The van der Waals surface area contributed by atoms with E-state index in [2.05, 4.69) is 5.32 Å². The first kappa shape index (κ1) is 18.8. The maximum absolute atomic E-state index is 13.0. The number of anilines is 2. The van der Waals surface area contributed by atoms with Crippen LogP contribution < -0.4 is 10.2 Å². The summed E-state index contributed by atoms with van der Waals surface area (Å²) in [4.78, 5) is 37.5. The third kappa shape index (κ3) is 4.83. The predicted molar refractivity (Wildman–Crippen MR) is 97.9 cm³/mol. The van der Waals surface area contributed by atoms with Crippen molar-refractivity contribution in [1.29, 1.82) is 0 Å². The molecule has 1 atom stereocenters. The molecule has 0 aliphatic carbocycles. The number of halogens is 2. The van der Waals surface area contributed by atoms with Gasteiger partial charge >= 0.3 is 5.97 Å². The average molecular weight is 391 g/mol. The molecule has 2 aromatic carbocycles. The second-order valence-corrected chi connectivity index (χ2v) is 6.48. The summed E-state index contributed by atoms with van der Waals surface area (Å²) in [6, 6.07) is 11.9. The minimum Gasteiger partial charge on any atom is -0.455 e. The van der Waals surface area contributed by atoms with Gasteiger partial charge in [0.2, 0.25) is 5.91 Å². The topological polar surface area (TPSA) is 75.7 Å². The minimum absolute atomic E-state index is 0.0188. The minimum atomic E-state index is -0.675. The zero-order valence-corrected chi connectivity index (χ0v) is 14.9.